The van der Waals surface area contributed by atoms with E-state index in [9.17, 15) is 9.59 Å². The Hall–Kier alpha value is -2.40. The molecule has 0 spiro atoms. The van der Waals surface area contributed by atoms with Crippen molar-refractivity contribution in [1.29, 1.82) is 0 Å². The van der Waals surface area contributed by atoms with Crippen LogP contribution in [0.5, 0.6) is 0 Å². The van der Waals surface area contributed by atoms with Crippen LogP contribution in [0.25, 0.3) is 10.8 Å². The average Bonchev–Trinajstić information content (AvgIpc) is 3.02. The number of hydrogen-bond acceptors (Lipinski definition) is 3. The molecule has 1 fully saturated rings. The van der Waals surface area contributed by atoms with Gasteiger partial charge in [0.05, 0.1) is 5.92 Å². The number of nitrogens with two attached hydrogens (primary N) is 1. The summed E-state index contributed by atoms with van der Waals surface area (Å²) in [5.74, 6) is -1.28. The van der Waals surface area contributed by atoms with Gasteiger partial charge in [-0.05, 0) is 47.7 Å². The first-order valence-corrected chi connectivity index (χ1v) is 7.84. The predicted octanol–water partition coefficient (Wildman–Crippen LogP) is 2.28. The summed E-state index contributed by atoms with van der Waals surface area (Å²) in [4.78, 5) is 23.4. The standard InChI is InChI=1S/C18H20N2O3/c19-10-14-3-1-2-11-4-5-12(9-16(11)14)17(21)20-15-7-6-13(8-15)18(22)23/h1-5,9,13,15H,6-8,10,19H2,(H,20,21)(H,22,23)/t13-,15+/m0/s1. The number of carboxylic acids is 1. The molecule has 4 N–H and O–H groups in total. The third-order valence-corrected chi connectivity index (χ3v) is 4.57. The maximum Gasteiger partial charge on any atom is 0.306 e. The number of benzene rings is 2. The van der Waals surface area contributed by atoms with Crippen LogP contribution in [-0.4, -0.2) is 23.0 Å². The lowest BCUT2D eigenvalue weighted by Gasteiger charge is -2.13. The lowest BCUT2D eigenvalue weighted by atomic mass is 10.0. The Labute approximate surface area is 134 Å². The van der Waals surface area contributed by atoms with Gasteiger partial charge in [0.25, 0.3) is 5.91 Å². The summed E-state index contributed by atoms with van der Waals surface area (Å²) >= 11 is 0. The normalized spacial score (nSPS) is 20.6. The van der Waals surface area contributed by atoms with Crippen molar-refractivity contribution in [1.82, 2.24) is 5.32 Å². The second-order valence-electron chi connectivity index (χ2n) is 6.08. The van der Waals surface area contributed by atoms with E-state index >= 15 is 0 Å². The molecule has 2 aromatic carbocycles. The molecule has 2 aromatic rings. The highest BCUT2D eigenvalue weighted by Crippen LogP contribution is 2.26. The Kier molecular flexibility index (Phi) is 4.30. The van der Waals surface area contributed by atoms with Gasteiger partial charge in [-0.1, -0.05) is 24.3 Å². The molecule has 1 saturated carbocycles. The van der Waals surface area contributed by atoms with Crippen molar-refractivity contribution in [2.75, 3.05) is 0 Å². The predicted molar refractivity (Wildman–Crippen MR) is 88.1 cm³/mol. The van der Waals surface area contributed by atoms with Gasteiger partial charge in [0.1, 0.15) is 0 Å². The minimum atomic E-state index is -0.778. The van der Waals surface area contributed by atoms with E-state index in [1.165, 1.54) is 0 Å². The molecule has 0 saturated heterocycles. The molecule has 1 aliphatic carbocycles. The van der Waals surface area contributed by atoms with E-state index in [0.29, 0.717) is 31.4 Å². The van der Waals surface area contributed by atoms with Crippen molar-refractivity contribution in [3.8, 4) is 0 Å². The summed E-state index contributed by atoms with van der Waals surface area (Å²) in [6.07, 6.45) is 1.84. The smallest absolute Gasteiger partial charge is 0.306 e. The number of rotatable bonds is 4. The summed E-state index contributed by atoms with van der Waals surface area (Å²) in [5.41, 5.74) is 7.35. The summed E-state index contributed by atoms with van der Waals surface area (Å²) < 4.78 is 0. The van der Waals surface area contributed by atoms with Gasteiger partial charge in [-0.2, -0.15) is 0 Å². The molecule has 3 rings (SSSR count). The van der Waals surface area contributed by atoms with E-state index in [4.69, 9.17) is 10.8 Å². The molecule has 0 radical (unpaired) electrons. The van der Waals surface area contributed by atoms with Gasteiger partial charge >= 0.3 is 5.97 Å². The topological polar surface area (TPSA) is 92.4 Å². The molecule has 0 heterocycles. The molecule has 5 nitrogen and oxygen atoms in total. The molecular formula is C18H20N2O3. The van der Waals surface area contributed by atoms with E-state index in [2.05, 4.69) is 5.32 Å². The number of carboxylic acid groups (broad SMARTS) is 1. The Balaban J connectivity index is 1.77. The first-order chi connectivity index (χ1) is 11.1. The van der Waals surface area contributed by atoms with Crippen molar-refractivity contribution in [3.63, 3.8) is 0 Å². The van der Waals surface area contributed by atoms with E-state index in [-0.39, 0.29) is 17.9 Å². The maximum absolute atomic E-state index is 12.4. The highest BCUT2D eigenvalue weighted by atomic mass is 16.4. The van der Waals surface area contributed by atoms with Crippen LogP contribution < -0.4 is 11.1 Å². The molecular weight excluding hydrogens is 292 g/mol. The van der Waals surface area contributed by atoms with Gasteiger partial charge in [-0.15, -0.1) is 0 Å². The number of hydrogen-bond donors (Lipinski definition) is 3. The minimum absolute atomic E-state index is 0.0657. The fraction of sp³-hybridized carbons (Fsp3) is 0.333. The fourth-order valence-corrected chi connectivity index (χ4v) is 3.26. The second kappa shape index (κ2) is 6.38. The van der Waals surface area contributed by atoms with Crippen LogP contribution in [0, 0.1) is 5.92 Å². The summed E-state index contributed by atoms with van der Waals surface area (Å²) in [5, 5.41) is 14.0. The molecule has 2 atom stereocenters. The quantitative estimate of drug-likeness (QED) is 0.807. The third-order valence-electron chi connectivity index (χ3n) is 4.57. The average molecular weight is 312 g/mol. The number of amides is 1. The molecule has 1 amide bonds. The number of fused-ring (bicyclic) bond motifs is 1. The molecule has 0 aromatic heterocycles. The zero-order valence-corrected chi connectivity index (χ0v) is 12.8. The summed E-state index contributed by atoms with van der Waals surface area (Å²) in [6.45, 7) is 0.422. The number of carbonyl (C=O) groups excluding carboxylic acids is 1. The second-order valence-corrected chi connectivity index (χ2v) is 6.08. The molecule has 0 unspecified atom stereocenters. The fourth-order valence-electron chi connectivity index (χ4n) is 3.26. The first kappa shape index (κ1) is 15.5. The van der Waals surface area contributed by atoms with Crippen LogP contribution in [0.15, 0.2) is 36.4 Å². The van der Waals surface area contributed by atoms with Gasteiger partial charge in [0.2, 0.25) is 0 Å². The van der Waals surface area contributed by atoms with Gasteiger partial charge in [0.15, 0.2) is 0 Å². The zero-order chi connectivity index (χ0) is 16.4. The van der Waals surface area contributed by atoms with E-state index < -0.39 is 5.97 Å². The van der Waals surface area contributed by atoms with Crippen LogP contribution in [0.4, 0.5) is 0 Å². The number of carbonyl (C=O) groups is 2. The van der Waals surface area contributed by atoms with Crippen molar-refractivity contribution in [2.45, 2.75) is 31.8 Å². The van der Waals surface area contributed by atoms with Crippen molar-refractivity contribution in [3.05, 3.63) is 47.5 Å². The van der Waals surface area contributed by atoms with Crippen LogP contribution in [0.2, 0.25) is 0 Å². The largest absolute Gasteiger partial charge is 0.481 e. The first-order valence-electron chi connectivity index (χ1n) is 7.84. The number of nitrogens with one attached hydrogen (secondary N) is 1. The molecule has 23 heavy (non-hydrogen) atoms. The van der Waals surface area contributed by atoms with Crippen molar-refractivity contribution in [2.24, 2.45) is 11.7 Å². The van der Waals surface area contributed by atoms with Crippen molar-refractivity contribution < 1.29 is 14.7 Å². The molecule has 0 bridgehead atoms. The van der Waals surface area contributed by atoms with Crippen LogP contribution in [0.3, 0.4) is 0 Å². The lowest BCUT2D eigenvalue weighted by molar-refractivity contribution is -0.141. The van der Waals surface area contributed by atoms with Gasteiger partial charge in [-0.25, -0.2) is 0 Å². The third kappa shape index (κ3) is 3.19. The van der Waals surface area contributed by atoms with Crippen LogP contribution in [0.1, 0.15) is 35.2 Å². The van der Waals surface area contributed by atoms with E-state index in [1.54, 1.807) is 6.07 Å². The lowest BCUT2D eigenvalue weighted by Crippen LogP contribution is -2.33. The molecule has 1 aliphatic rings. The Morgan fingerprint density at radius 2 is 2.04 bits per heavy atom. The summed E-state index contributed by atoms with van der Waals surface area (Å²) in [6, 6.07) is 11.4. The Bertz CT molecular complexity index is 757. The monoisotopic (exact) mass is 312 g/mol. The molecule has 0 aliphatic heterocycles. The van der Waals surface area contributed by atoms with Crippen LogP contribution >= 0.6 is 0 Å². The maximum atomic E-state index is 12.4. The Morgan fingerprint density at radius 1 is 1.22 bits per heavy atom. The number of aliphatic carboxylic acids is 1. The summed E-state index contributed by atoms with van der Waals surface area (Å²) in [7, 11) is 0. The zero-order valence-electron chi connectivity index (χ0n) is 12.8. The Morgan fingerprint density at radius 3 is 2.74 bits per heavy atom. The highest BCUT2D eigenvalue weighted by Gasteiger charge is 2.30. The SMILES string of the molecule is NCc1cccc2ccc(C(=O)N[C@@H]3CC[C@H](C(=O)O)C3)cc12. The van der Waals surface area contributed by atoms with Crippen molar-refractivity contribution >= 4 is 22.6 Å². The van der Waals surface area contributed by atoms with Gasteiger partial charge in [0, 0.05) is 18.2 Å². The highest BCUT2D eigenvalue weighted by molar-refractivity contribution is 5.99. The van der Waals surface area contributed by atoms with Crippen LogP contribution in [-0.2, 0) is 11.3 Å². The van der Waals surface area contributed by atoms with Gasteiger partial charge < -0.3 is 16.2 Å². The van der Waals surface area contributed by atoms with Gasteiger partial charge in [-0.3, -0.25) is 9.59 Å². The van der Waals surface area contributed by atoms with E-state index in [1.807, 2.05) is 30.3 Å². The van der Waals surface area contributed by atoms with E-state index in [0.717, 1.165) is 16.3 Å². The molecule has 120 valence electrons. The minimum Gasteiger partial charge on any atom is -0.481 e. The molecule has 5 heteroatoms.